The number of nitrogens with zero attached hydrogens (tertiary/aromatic N) is 2. The number of hydrogen-bond donors (Lipinski definition) is 2. The number of nitrogen functional groups attached to an aromatic ring is 1. The molecule has 0 saturated heterocycles. The minimum atomic E-state index is 0.537. The summed E-state index contributed by atoms with van der Waals surface area (Å²) in [7, 11) is 0. The first-order chi connectivity index (χ1) is 9.29. The quantitative estimate of drug-likeness (QED) is 0.895. The maximum absolute atomic E-state index is 9.09. The van der Waals surface area contributed by atoms with Gasteiger partial charge in [-0.15, -0.1) is 11.3 Å². The second kappa shape index (κ2) is 4.90. The molecule has 1 saturated carbocycles. The third-order valence-corrected chi connectivity index (χ3v) is 4.33. The molecule has 1 aliphatic rings. The number of thiophene rings is 1. The number of nitrogens with two attached hydrogens (primary N) is 1. The summed E-state index contributed by atoms with van der Waals surface area (Å²) >= 11 is 1.46. The minimum Gasteiger partial charge on any atom is -0.397 e. The first-order valence-corrected chi connectivity index (χ1v) is 7.06. The van der Waals surface area contributed by atoms with E-state index in [2.05, 4.69) is 16.4 Å². The van der Waals surface area contributed by atoms with Gasteiger partial charge in [0.1, 0.15) is 10.9 Å². The fourth-order valence-corrected chi connectivity index (χ4v) is 3.13. The molecule has 19 heavy (non-hydrogen) atoms. The van der Waals surface area contributed by atoms with E-state index in [1.807, 2.05) is 18.3 Å². The predicted molar refractivity (Wildman–Crippen MR) is 77.0 cm³/mol. The van der Waals surface area contributed by atoms with E-state index in [0.29, 0.717) is 23.0 Å². The summed E-state index contributed by atoms with van der Waals surface area (Å²) in [5.74, 6) is 0.537. The van der Waals surface area contributed by atoms with Crippen molar-refractivity contribution >= 4 is 22.0 Å². The number of rotatable bonds is 4. The number of anilines is 2. The van der Waals surface area contributed by atoms with Gasteiger partial charge in [-0.1, -0.05) is 6.07 Å². The number of hydrogen-bond acceptors (Lipinski definition) is 5. The highest BCUT2D eigenvalue weighted by atomic mass is 32.1. The van der Waals surface area contributed by atoms with Crippen LogP contribution >= 0.6 is 11.3 Å². The van der Waals surface area contributed by atoms with Crippen LogP contribution in [0.3, 0.4) is 0 Å². The van der Waals surface area contributed by atoms with E-state index >= 15 is 0 Å². The van der Waals surface area contributed by atoms with Crippen molar-refractivity contribution in [2.24, 2.45) is 0 Å². The SMILES string of the molecule is N#Cc1sc(NCc2cccnc2)c(C2CC2)c1N. The first-order valence-electron chi connectivity index (χ1n) is 6.24. The van der Waals surface area contributed by atoms with Gasteiger partial charge in [-0.3, -0.25) is 4.98 Å². The van der Waals surface area contributed by atoms with Crippen molar-refractivity contribution in [3.05, 3.63) is 40.5 Å². The van der Waals surface area contributed by atoms with Crippen molar-refractivity contribution < 1.29 is 0 Å². The molecule has 3 rings (SSSR count). The molecule has 0 radical (unpaired) electrons. The first kappa shape index (κ1) is 12.0. The predicted octanol–water partition coefficient (Wildman–Crippen LogP) is 3.09. The standard InChI is InChI=1S/C14H14N4S/c15-6-11-13(16)12(10-3-4-10)14(19-11)18-8-9-2-1-5-17-7-9/h1-2,5,7,10,18H,3-4,8,16H2. The lowest BCUT2D eigenvalue weighted by molar-refractivity contribution is 1.09. The van der Waals surface area contributed by atoms with Crippen LogP contribution in [-0.4, -0.2) is 4.98 Å². The average molecular weight is 270 g/mol. The molecule has 0 spiro atoms. The molecule has 0 bridgehead atoms. The number of pyridine rings is 1. The van der Waals surface area contributed by atoms with Crippen LogP contribution in [0.2, 0.25) is 0 Å². The van der Waals surface area contributed by atoms with E-state index in [-0.39, 0.29) is 0 Å². The van der Waals surface area contributed by atoms with E-state index in [9.17, 15) is 0 Å². The monoisotopic (exact) mass is 270 g/mol. The maximum atomic E-state index is 9.09. The summed E-state index contributed by atoms with van der Waals surface area (Å²) in [4.78, 5) is 4.71. The van der Waals surface area contributed by atoms with E-state index < -0.39 is 0 Å². The molecule has 1 fully saturated rings. The normalized spacial score (nSPS) is 14.1. The van der Waals surface area contributed by atoms with E-state index in [4.69, 9.17) is 11.0 Å². The highest BCUT2D eigenvalue weighted by Gasteiger charge is 2.31. The Hall–Kier alpha value is -2.06. The Kier molecular flexibility index (Phi) is 3.10. The number of nitrogens with one attached hydrogen (secondary N) is 1. The van der Waals surface area contributed by atoms with Gasteiger partial charge in [0.25, 0.3) is 0 Å². The summed E-state index contributed by atoms with van der Waals surface area (Å²) < 4.78 is 0. The third-order valence-electron chi connectivity index (χ3n) is 3.25. The summed E-state index contributed by atoms with van der Waals surface area (Å²) in [5.41, 5.74) is 8.99. The molecule has 3 N–H and O–H groups in total. The molecule has 5 heteroatoms. The molecular formula is C14H14N4S. The van der Waals surface area contributed by atoms with Gasteiger partial charge in [-0.05, 0) is 30.4 Å². The second-order valence-electron chi connectivity index (χ2n) is 4.69. The molecule has 0 aromatic carbocycles. The zero-order valence-electron chi connectivity index (χ0n) is 10.4. The Bertz CT molecular complexity index is 623. The Labute approximate surface area is 115 Å². The van der Waals surface area contributed by atoms with E-state index in [0.717, 1.165) is 16.1 Å². The van der Waals surface area contributed by atoms with Gasteiger partial charge in [0.05, 0.1) is 10.7 Å². The molecule has 0 unspecified atom stereocenters. The van der Waals surface area contributed by atoms with Crippen LogP contribution in [0.5, 0.6) is 0 Å². The lowest BCUT2D eigenvalue weighted by Gasteiger charge is -2.07. The fraction of sp³-hybridized carbons (Fsp3) is 0.286. The highest BCUT2D eigenvalue weighted by Crippen LogP contribution is 2.50. The van der Waals surface area contributed by atoms with Crippen LogP contribution in [-0.2, 0) is 6.54 Å². The second-order valence-corrected chi connectivity index (χ2v) is 5.71. The smallest absolute Gasteiger partial charge is 0.130 e. The molecule has 4 nitrogen and oxygen atoms in total. The Balaban J connectivity index is 1.83. The van der Waals surface area contributed by atoms with Crippen LogP contribution in [0.25, 0.3) is 0 Å². The lowest BCUT2D eigenvalue weighted by Crippen LogP contribution is -2.00. The zero-order valence-corrected chi connectivity index (χ0v) is 11.2. The van der Waals surface area contributed by atoms with Gasteiger partial charge >= 0.3 is 0 Å². The van der Waals surface area contributed by atoms with Crippen molar-refractivity contribution in [3.63, 3.8) is 0 Å². The topological polar surface area (TPSA) is 74.7 Å². The van der Waals surface area contributed by atoms with Crippen LogP contribution in [0, 0.1) is 11.3 Å². The molecule has 2 heterocycles. The van der Waals surface area contributed by atoms with Crippen molar-refractivity contribution in [3.8, 4) is 6.07 Å². The zero-order chi connectivity index (χ0) is 13.2. The van der Waals surface area contributed by atoms with Crippen molar-refractivity contribution in [2.45, 2.75) is 25.3 Å². The summed E-state index contributed by atoms with van der Waals surface area (Å²) in [6, 6.07) is 6.12. The van der Waals surface area contributed by atoms with Crippen LogP contribution in [0.1, 0.15) is 34.8 Å². The van der Waals surface area contributed by atoms with Crippen molar-refractivity contribution in [2.75, 3.05) is 11.1 Å². The van der Waals surface area contributed by atoms with Crippen molar-refractivity contribution in [1.29, 1.82) is 5.26 Å². The maximum Gasteiger partial charge on any atom is 0.130 e. The van der Waals surface area contributed by atoms with E-state index in [1.165, 1.54) is 24.2 Å². The molecule has 0 aliphatic heterocycles. The Morgan fingerprint density at radius 1 is 1.53 bits per heavy atom. The average Bonchev–Trinajstić information content (AvgIpc) is 3.22. The van der Waals surface area contributed by atoms with Gasteiger partial charge < -0.3 is 11.1 Å². The largest absolute Gasteiger partial charge is 0.397 e. The minimum absolute atomic E-state index is 0.537. The highest BCUT2D eigenvalue weighted by molar-refractivity contribution is 7.17. The van der Waals surface area contributed by atoms with Crippen molar-refractivity contribution in [1.82, 2.24) is 4.98 Å². The molecule has 2 aromatic rings. The molecule has 0 atom stereocenters. The molecule has 2 aromatic heterocycles. The summed E-state index contributed by atoms with van der Waals surface area (Å²) in [5, 5.41) is 13.5. The van der Waals surface area contributed by atoms with Crippen LogP contribution in [0.15, 0.2) is 24.5 Å². The summed E-state index contributed by atoms with van der Waals surface area (Å²) in [6.45, 7) is 0.707. The van der Waals surface area contributed by atoms with Gasteiger partial charge in [0.2, 0.25) is 0 Å². The van der Waals surface area contributed by atoms with Crippen LogP contribution < -0.4 is 11.1 Å². The van der Waals surface area contributed by atoms with E-state index in [1.54, 1.807) is 6.20 Å². The molecule has 1 aliphatic carbocycles. The summed E-state index contributed by atoms with van der Waals surface area (Å²) in [6.07, 6.45) is 5.95. The molecular weight excluding hydrogens is 256 g/mol. The lowest BCUT2D eigenvalue weighted by atomic mass is 10.1. The Morgan fingerprint density at radius 2 is 2.37 bits per heavy atom. The molecule has 0 amide bonds. The van der Waals surface area contributed by atoms with Gasteiger partial charge in [0.15, 0.2) is 0 Å². The van der Waals surface area contributed by atoms with Gasteiger partial charge in [-0.2, -0.15) is 5.26 Å². The van der Waals surface area contributed by atoms with Gasteiger partial charge in [0, 0.05) is 24.5 Å². The third kappa shape index (κ3) is 2.40. The molecule has 96 valence electrons. The Morgan fingerprint density at radius 3 is 3.00 bits per heavy atom. The van der Waals surface area contributed by atoms with Crippen LogP contribution in [0.4, 0.5) is 10.7 Å². The van der Waals surface area contributed by atoms with Gasteiger partial charge in [-0.25, -0.2) is 0 Å². The fourth-order valence-electron chi connectivity index (χ4n) is 2.13. The number of aromatic nitrogens is 1. The number of nitriles is 1.